The number of halogens is 1. The third-order valence-corrected chi connectivity index (χ3v) is 3.71. The Balaban J connectivity index is 0.00000264. The average Bonchev–Trinajstić information content (AvgIpc) is 2.81. The molecule has 0 aliphatic rings. The van der Waals surface area contributed by atoms with Crippen LogP contribution in [0.2, 0.25) is 0 Å². The van der Waals surface area contributed by atoms with Crippen molar-refractivity contribution in [2.24, 2.45) is 4.99 Å². The number of oxazole rings is 1. The van der Waals surface area contributed by atoms with E-state index in [1.807, 2.05) is 20.9 Å². The molecule has 0 aliphatic heterocycles. The molecule has 1 aromatic heterocycles. The minimum atomic E-state index is 0. The molecule has 0 spiro atoms. The quantitative estimate of drug-likeness (QED) is 0.461. The predicted molar refractivity (Wildman–Crippen MR) is 104 cm³/mol. The molecule has 0 atom stereocenters. The fraction of sp³-hybridized carbons (Fsp3) is 0.412. The van der Waals surface area contributed by atoms with Gasteiger partial charge in [0.25, 0.3) is 0 Å². The minimum absolute atomic E-state index is 0. The van der Waals surface area contributed by atoms with Crippen LogP contribution in [0.1, 0.15) is 28.5 Å². The summed E-state index contributed by atoms with van der Waals surface area (Å²) >= 11 is 0. The Hall–Kier alpha value is -1.57. The molecule has 0 bridgehead atoms. The van der Waals surface area contributed by atoms with E-state index < -0.39 is 0 Å². The topological polar surface area (TPSA) is 53.7 Å². The molecule has 23 heavy (non-hydrogen) atoms. The maximum absolute atomic E-state index is 5.58. The van der Waals surface area contributed by atoms with Crippen LogP contribution >= 0.6 is 24.0 Å². The normalized spacial score (nSPS) is 11.1. The second kappa shape index (κ2) is 8.90. The van der Waals surface area contributed by atoms with Crippen LogP contribution in [0, 0.1) is 20.8 Å². The van der Waals surface area contributed by atoms with Gasteiger partial charge in [-0.25, -0.2) is 4.98 Å². The fourth-order valence-electron chi connectivity index (χ4n) is 2.27. The highest BCUT2D eigenvalue weighted by molar-refractivity contribution is 14.0. The fourth-order valence-corrected chi connectivity index (χ4v) is 2.27. The molecule has 0 radical (unpaired) electrons. The lowest BCUT2D eigenvalue weighted by molar-refractivity contribution is 0.442. The molecule has 5 nitrogen and oxygen atoms in total. The van der Waals surface area contributed by atoms with Gasteiger partial charge in [0.1, 0.15) is 5.76 Å². The third kappa shape index (κ3) is 5.23. The second-order valence-electron chi connectivity index (χ2n) is 5.43. The van der Waals surface area contributed by atoms with E-state index in [1.54, 1.807) is 7.05 Å². The van der Waals surface area contributed by atoms with Crippen LogP contribution in [0.15, 0.2) is 33.7 Å². The third-order valence-electron chi connectivity index (χ3n) is 3.71. The van der Waals surface area contributed by atoms with Crippen molar-refractivity contribution < 1.29 is 4.42 Å². The number of benzene rings is 1. The number of hydrogen-bond acceptors (Lipinski definition) is 3. The zero-order valence-corrected chi connectivity index (χ0v) is 16.7. The zero-order chi connectivity index (χ0) is 16.1. The predicted octanol–water partition coefficient (Wildman–Crippen LogP) is 3.43. The van der Waals surface area contributed by atoms with Crippen LogP contribution in [0.3, 0.4) is 0 Å². The van der Waals surface area contributed by atoms with E-state index in [-0.39, 0.29) is 24.0 Å². The van der Waals surface area contributed by atoms with E-state index >= 15 is 0 Å². The van der Waals surface area contributed by atoms with Gasteiger partial charge in [0.2, 0.25) is 5.89 Å². The number of nitrogens with zero attached hydrogens (tertiary/aromatic N) is 3. The molecule has 1 aromatic carbocycles. The average molecular weight is 428 g/mol. The monoisotopic (exact) mass is 428 g/mol. The van der Waals surface area contributed by atoms with Crippen LogP contribution in [0.4, 0.5) is 0 Å². The highest BCUT2D eigenvalue weighted by atomic mass is 127. The molecule has 2 aromatic rings. The van der Waals surface area contributed by atoms with Crippen LogP contribution in [0.25, 0.3) is 0 Å². The first-order valence-electron chi connectivity index (χ1n) is 7.40. The van der Waals surface area contributed by atoms with Crippen LogP contribution in [-0.4, -0.2) is 29.9 Å². The lowest BCUT2D eigenvalue weighted by Crippen LogP contribution is -2.38. The Morgan fingerprint density at radius 2 is 1.96 bits per heavy atom. The summed E-state index contributed by atoms with van der Waals surface area (Å²) in [5, 5.41) is 3.29. The first-order chi connectivity index (χ1) is 10.5. The van der Waals surface area contributed by atoms with Gasteiger partial charge in [0, 0.05) is 20.6 Å². The first-order valence-corrected chi connectivity index (χ1v) is 7.40. The maximum Gasteiger partial charge on any atom is 0.214 e. The summed E-state index contributed by atoms with van der Waals surface area (Å²) in [6, 6.07) is 8.38. The van der Waals surface area contributed by atoms with E-state index in [9.17, 15) is 0 Å². The van der Waals surface area contributed by atoms with Crippen molar-refractivity contribution in [1.29, 1.82) is 0 Å². The molecule has 0 fully saturated rings. The van der Waals surface area contributed by atoms with E-state index in [0.29, 0.717) is 12.4 Å². The molecule has 0 aliphatic carbocycles. The van der Waals surface area contributed by atoms with Crippen molar-refractivity contribution in [3.05, 3.63) is 52.7 Å². The van der Waals surface area contributed by atoms with Gasteiger partial charge < -0.3 is 14.6 Å². The summed E-state index contributed by atoms with van der Waals surface area (Å²) in [5.74, 6) is 2.36. The van der Waals surface area contributed by atoms with Crippen LogP contribution in [0.5, 0.6) is 0 Å². The lowest BCUT2D eigenvalue weighted by atomic mass is 10.1. The number of guanidine groups is 1. The highest BCUT2D eigenvalue weighted by Gasteiger charge is 2.10. The minimum Gasteiger partial charge on any atom is -0.444 e. The Kier molecular flexibility index (Phi) is 7.54. The molecule has 6 heteroatoms. The second-order valence-corrected chi connectivity index (χ2v) is 5.43. The molecule has 1 heterocycles. The molecule has 0 saturated carbocycles. The Bertz CT molecular complexity index is 647. The van der Waals surface area contributed by atoms with E-state index in [4.69, 9.17) is 4.42 Å². The van der Waals surface area contributed by atoms with Crippen molar-refractivity contribution in [1.82, 2.24) is 15.2 Å². The summed E-state index contributed by atoms with van der Waals surface area (Å²) in [7, 11) is 3.80. The van der Waals surface area contributed by atoms with Gasteiger partial charge in [0.05, 0.1) is 12.2 Å². The summed E-state index contributed by atoms with van der Waals surface area (Å²) in [6.07, 6.45) is 0. The number of hydrogen-bond donors (Lipinski definition) is 1. The summed E-state index contributed by atoms with van der Waals surface area (Å²) < 4.78 is 5.58. The molecule has 126 valence electrons. The summed E-state index contributed by atoms with van der Waals surface area (Å²) in [4.78, 5) is 10.8. The van der Waals surface area contributed by atoms with Gasteiger partial charge in [-0.15, -0.1) is 24.0 Å². The Morgan fingerprint density at radius 1 is 1.26 bits per heavy atom. The largest absolute Gasteiger partial charge is 0.444 e. The van der Waals surface area contributed by atoms with Crippen molar-refractivity contribution >= 4 is 29.9 Å². The highest BCUT2D eigenvalue weighted by Crippen LogP contribution is 2.10. The maximum atomic E-state index is 5.58. The first kappa shape index (κ1) is 19.5. The number of aryl methyl sites for hydroxylation is 3. The van der Waals surface area contributed by atoms with E-state index in [0.717, 1.165) is 24.0 Å². The number of rotatable bonds is 4. The van der Waals surface area contributed by atoms with Crippen molar-refractivity contribution in [2.45, 2.75) is 33.9 Å². The van der Waals surface area contributed by atoms with E-state index in [2.05, 4.69) is 51.4 Å². The van der Waals surface area contributed by atoms with Gasteiger partial charge in [-0.1, -0.05) is 24.3 Å². The molecular weight excluding hydrogens is 403 g/mol. The van der Waals surface area contributed by atoms with Gasteiger partial charge in [0.15, 0.2) is 5.96 Å². The lowest BCUT2D eigenvalue weighted by Gasteiger charge is -2.22. The van der Waals surface area contributed by atoms with Gasteiger partial charge >= 0.3 is 0 Å². The standard InChI is InChI=1S/C17H24N4O.HI/c1-12-8-6-7-9-15(12)11-21(5)17(18-4)19-10-16-20-13(2)14(3)22-16;/h6-9H,10-11H2,1-5H3,(H,18,19);1H. The van der Waals surface area contributed by atoms with Crippen molar-refractivity contribution in [3.63, 3.8) is 0 Å². The number of nitrogens with one attached hydrogen (secondary N) is 1. The zero-order valence-electron chi connectivity index (χ0n) is 14.4. The van der Waals surface area contributed by atoms with Crippen LogP contribution < -0.4 is 5.32 Å². The Morgan fingerprint density at radius 3 is 2.52 bits per heavy atom. The number of aliphatic imine (C=N–C) groups is 1. The van der Waals surface area contributed by atoms with Crippen LogP contribution in [-0.2, 0) is 13.1 Å². The Labute approximate surface area is 155 Å². The van der Waals surface area contributed by atoms with E-state index in [1.165, 1.54) is 11.1 Å². The molecule has 1 N–H and O–H groups in total. The molecular formula is C17H25IN4O. The summed E-state index contributed by atoms with van der Waals surface area (Å²) in [5.41, 5.74) is 3.50. The van der Waals surface area contributed by atoms with Gasteiger partial charge in [-0.3, -0.25) is 4.99 Å². The SMILES string of the molecule is CN=C(NCc1nc(C)c(C)o1)N(C)Cc1ccccc1C.I. The van der Waals surface area contributed by atoms with Crippen molar-refractivity contribution in [3.8, 4) is 0 Å². The van der Waals surface area contributed by atoms with Crippen molar-refractivity contribution in [2.75, 3.05) is 14.1 Å². The molecule has 0 unspecified atom stereocenters. The number of aromatic nitrogens is 1. The summed E-state index contributed by atoms with van der Waals surface area (Å²) in [6.45, 7) is 7.32. The smallest absolute Gasteiger partial charge is 0.214 e. The van der Waals surface area contributed by atoms with Gasteiger partial charge in [-0.05, 0) is 31.9 Å². The van der Waals surface area contributed by atoms with Gasteiger partial charge in [-0.2, -0.15) is 0 Å². The molecule has 0 saturated heterocycles. The molecule has 2 rings (SSSR count). The molecule has 0 amide bonds.